The number of nitrogens with zero attached hydrogens (tertiary/aromatic N) is 3. The number of likely N-dealkylation sites (tertiary alicyclic amines) is 1. The van der Waals surface area contributed by atoms with Gasteiger partial charge in [0.25, 0.3) is 0 Å². The molecule has 2 fully saturated rings. The van der Waals surface area contributed by atoms with Crippen LogP contribution in [0.4, 0.5) is 0 Å². The Morgan fingerprint density at radius 3 is 2.64 bits per heavy atom. The van der Waals surface area contributed by atoms with Crippen molar-refractivity contribution in [1.82, 2.24) is 15.1 Å². The van der Waals surface area contributed by atoms with Crippen LogP contribution >= 0.6 is 24.0 Å². The molecule has 2 aliphatic heterocycles. The molecule has 0 saturated carbocycles. The second-order valence-electron chi connectivity index (χ2n) is 7.63. The van der Waals surface area contributed by atoms with E-state index in [1.165, 1.54) is 38.8 Å². The molecule has 0 aliphatic carbocycles. The van der Waals surface area contributed by atoms with Gasteiger partial charge in [0.15, 0.2) is 5.96 Å². The Morgan fingerprint density at radius 1 is 1.20 bits per heavy atom. The number of hydrogen-bond donors (Lipinski definition) is 1. The summed E-state index contributed by atoms with van der Waals surface area (Å²) in [6.45, 7) is 16.2. The van der Waals surface area contributed by atoms with Crippen molar-refractivity contribution in [3.63, 3.8) is 0 Å². The molecule has 2 rings (SSSR count). The van der Waals surface area contributed by atoms with Crippen LogP contribution in [-0.4, -0.2) is 74.8 Å². The Balaban J connectivity index is 0.00000312. The van der Waals surface area contributed by atoms with Gasteiger partial charge in [-0.15, -0.1) is 24.0 Å². The van der Waals surface area contributed by atoms with Gasteiger partial charge >= 0.3 is 0 Å². The molecule has 1 unspecified atom stereocenters. The van der Waals surface area contributed by atoms with Crippen LogP contribution in [0, 0.1) is 11.8 Å². The molecular formula is C19H39IN4O. The Morgan fingerprint density at radius 2 is 1.96 bits per heavy atom. The number of morpholine rings is 1. The number of ether oxygens (including phenoxy) is 1. The number of nitrogens with one attached hydrogen (secondary N) is 1. The first-order chi connectivity index (χ1) is 11.7. The molecule has 25 heavy (non-hydrogen) atoms. The quantitative estimate of drug-likeness (QED) is 0.259. The molecule has 0 spiro atoms. The SMILES string of the molecule is CCNC(=NCCCCN1CCOCC1)N1CCC(CC(C)C)C1.I. The molecule has 0 radical (unpaired) electrons. The average Bonchev–Trinajstić information content (AvgIpc) is 3.02. The third kappa shape index (κ3) is 8.91. The van der Waals surface area contributed by atoms with Crippen LogP contribution in [0.5, 0.6) is 0 Å². The molecule has 1 N–H and O–H groups in total. The molecule has 2 saturated heterocycles. The fourth-order valence-corrected chi connectivity index (χ4v) is 3.77. The molecule has 0 bridgehead atoms. The van der Waals surface area contributed by atoms with E-state index in [0.717, 1.165) is 63.7 Å². The zero-order valence-electron chi connectivity index (χ0n) is 16.5. The van der Waals surface area contributed by atoms with Crippen LogP contribution in [0.15, 0.2) is 4.99 Å². The lowest BCUT2D eigenvalue weighted by Crippen LogP contribution is -2.40. The zero-order valence-corrected chi connectivity index (χ0v) is 18.8. The molecule has 1 atom stereocenters. The molecule has 148 valence electrons. The number of rotatable bonds is 8. The summed E-state index contributed by atoms with van der Waals surface area (Å²) in [4.78, 5) is 9.86. The summed E-state index contributed by atoms with van der Waals surface area (Å²) >= 11 is 0. The Hall–Kier alpha value is -0.0800. The number of aliphatic imine (C=N–C) groups is 1. The minimum Gasteiger partial charge on any atom is -0.379 e. The predicted molar refractivity (Wildman–Crippen MR) is 117 cm³/mol. The van der Waals surface area contributed by atoms with Gasteiger partial charge < -0.3 is 15.0 Å². The lowest BCUT2D eigenvalue weighted by atomic mass is 9.97. The van der Waals surface area contributed by atoms with Crippen LogP contribution in [0.3, 0.4) is 0 Å². The first kappa shape index (κ1) is 23.0. The van der Waals surface area contributed by atoms with Crippen molar-refractivity contribution in [3.05, 3.63) is 0 Å². The van der Waals surface area contributed by atoms with Crippen molar-refractivity contribution < 1.29 is 4.74 Å². The molecule has 6 heteroatoms. The van der Waals surface area contributed by atoms with Crippen molar-refractivity contribution in [2.24, 2.45) is 16.8 Å². The van der Waals surface area contributed by atoms with Gasteiger partial charge in [-0.3, -0.25) is 9.89 Å². The summed E-state index contributed by atoms with van der Waals surface area (Å²) in [7, 11) is 0. The van der Waals surface area contributed by atoms with E-state index in [1.54, 1.807) is 0 Å². The third-order valence-corrected chi connectivity index (χ3v) is 4.97. The third-order valence-electron chi connectivity index (χ3n) is 4.97. The summed E-state index contributed by atoms with van der Waals surface area (Å²) in [6, 6.07) is 0. The summed E-state index contributed by atoms with van der Waals surface area (Å²) in [5.74, 6) is 2.78. The lowest BCUT2D eigenvalue weighted by Gasteiger charge is -2.26. The highest BCUT2D eigenvalue weighted by Gasteiger charge is 2.25. The van der Waals surface area contributed by atoms with Gasteiger partial charge in [0.1, 0.15) is 0 Å². The summed E-state index contributed by atoms with van der Waals surface area (Å²) in [5.41, 5.74) is 0. The molecule has 2 aliphatic rings. The van der Waals surface area contributed by atoms with Crippen molar-refractivity contribution >= 4 is 29.9 Å². The first-order valence-electron chi connectivity index (χ1n) is 10.0. The minimum absolute atomic E-state index is 0. The van der Waals surface area contributed by atoms with Crippen LogP contribution in [0.25, 0.3) is 0 Å². The predicted octanol–water partition coefficient (Wildman–Crippen LogP) is 3.05. The summed E-state index contributed by atoms with van der Waals surface area (Å²) < 4.78 is 5.40. The first-order valence-corrected chi connectivity index (χ1v) is 10.0. The molecule has 0 aromatic heterocycles. The molecule has 0 amide bonds. The maximum absolute atomic E-state index is 5.40. The van der Waals surface area contributed by atoms with Gasteiger partial charge in [0, 0.05) is 39.3 Å². The van der Waals surface area contributed by atoms with Gasteiger partial charge in [-0.05, 0) is 51.0 Å². The van der Waals surface area contributed by atoms with E-state index >= 15 is 0 Å². The van der Waals surface area contributed by atoms with E-state index in [-0.39, 0.29) is 24.0 Å². The highest BCUT2D eigenvalue weighted by atomic mass is 127. The average molecular weight is 466 g/mol. The van der Waals surface area contributed by atoms with E-state index in [1.807, 2.05) is 0 Å². The Bertz CT molecular complexity index is 372. The standard InChI is InChI=1S/C19H38N4O.HI/c1-4-20-19(23-10-7-18(16-23)15-17(2)3)21-8-5-6-9-22-11-13-24-14-12-22;/h17-18H,4-16H2,1-3H3,(H,20,21);1H. The zero-order chi connectivity index (χ0) is 17.2. The second-order valence-corrected chi connectivity index (χ2v) is 7.63. The van der Waals surface area contributed by atoms with Crippen molar-refractivity contribution in [1.29, 1.82) is 0 Å². The number of unbranched alkanes of at least 4 members (excludes halogenated alkanes) is 1. The summed E-state index contributed by atoms with van der Waals surface area (Å²) in [5, 5.41) is 3.49. The highest BCUT2D eigenvalue weighted by molar-refractivity contribution is 14.0. The topological polar surface area (TPSA) is 40.1 Å². The van der Waals surface area contributed by atoms with E-state index in [9.17, 15) is 0 Å². The van der Waals surface area contributed by atoms with Gasteiger partial charge in [0.2, 0.25) is 0 Å². The number of hydrogen-bond acceptors (Lipinski definition) is 3. The molecular weight excluding hydrogens is 427 g/mol. The smallest absolute Gasteiger partial charge is 0.193 e. The van der Waals surface area contributed by atoms with E-state index in [4.69, 9.17) is 9.73 Å². The monoisotopic (exact) mass is 466 g/mol. The maximum atomic E-state index is 5.40. The van der Waals surface area contributed by atoms with Crippen LogP contribution < -0.4 is 5.32 Å². The van der Waals surface area contributed by atoms with Gasteiger partial charge in [0.05, 0.1) is 13.2 Å². The Labute approximate surface area is 172 Å². The van der Waals surface area contributed by atoms with E-state index in [2.05, 4.69) is 35.9 Å². The fourth-order valence-electron chi connectivity index (χ4n) is 3.77. The van der Waals surface area contributed by atoms with Crippen molar-refractivity contribution in [2.45, 2.75) is 46.5 Å². The van der Waals surface area contributed by atoms with Crippen LogP contribution in [0.1, 0.15) is 46.5 Å². The van der Waals surface area contributed by atoms with E-state index < -0.39 is 0 Å². The van der Waals surface area contributed by atoms with Gasteiger partial charge in [-0.2, -0.15) is 0 Å². The normalized spacial score (nSPS) is 22.3. The van der Waals surface area contributed by atoms with Crippen molar-refractivity contribution in [2.75, 3.05) is 59.0 Å². The number of guanidine groups is 1. The van der Waals surface area contributed by atoms with Gasteiger partial charge in [-0.1, -0.05) is 13.8 Å². The molecule has 0 aromatic rings. The maximum Gasteiger partial charge on any atom is 0.193 e. The largest absolute Gasteiger partial charge is 0.379 e. The summed E-state index contributed by atoms with van der Waals surface area (Å²) in [6.07, 6.45) is 5.07. The van der Waals surface area contributed by atoms with Crippen molar-refractivity contribution in [3.8, 4) is 0 Å². The Kier molecular flexibility index (Phi) is 12.1. The van der Waals surface area contributed by atoms with Gasteiger partial charge in [-0.25, -0.2) is 0 Å². The molecule has 0 aromatic carbocycles. The minimum atomic E-state index is 0. The molecule has 2 heterocycles. The fraction of sp³-hybridized carbons (Fsp3) is 0.947. The lowest BCUT2D eigenvalue weighted by molar-refractivity contribution is 0.0373. The van der Waals surface area contributed by atoms with E-state index in [0.29, 0.717) is 0 Å². The van der Waals surface area contributed by atoms with Crippen LogP contribution in [0.2, 0.25) is 0 Å². The van der Waals surface area contributed by atoms with Crippen LogP contribution in [-0.2, 0) is 4.74 Å². The highest BCUT2D eigenvalue weighted by Crippen LogP contribution is 2.23. The number of halogens is 1. The molecule has 5 nitrogen and oxygen atoms in total. The second kappa shape index (κ2) is 13.1.